The highest BCUT2D eigenvalue weighted by molar-refractivity contribution is 7.89. The number of nitrogens with zero attached hydrogens (tertiary/aromatic N) is 2. The van der Waals surface area contributed by atoms with Gasteiger partial charge in [-0.25, -0.2) is 13.1 Å². The summed E-state index contributed by atoms with van der Waals surface area (Å²) in [5.74, 6) is 1.83. The smallest absolute Gasteiger partial charge is 0.249 e. The van der Waals surface area contributed by atoms with Crippen molar-refractivity contribution in [2.75, 3.05) is 20.8 Å². The number of amides is 1. The summed E-state index contributed by atoms with van der Waals surface area (Å²) in [6.45, 7) is 3.81. The molecule has 170 valence electrons. The van der Waals surface area contributed by atoms with E-state index in [0.29, 0.717) is 29.1 Å². The van der Waals surface area contributed by atoms with Crippen LogP contribution in [0.5, 0.6) is 11.5 Å². The van der Waals surface area contributed by atoms with Crippen LogP contribution in [0, 0.1) is 5.92 Å². The normalized spacial score (nSPS) is 15.0. The predicted molar refractivity (Wildman–Crippen MR) is 111 cm³/mol. The molecule has 31 heavy (non-hydrogen) atoms. The predicted octanol–water partition coefficient (Wildman–Crippen LogP) is 2.15. The minimum atomic E-state index is -3.82. The first-order valence-electron chi connectivity index (χ1n) is 10.1. The molecule has 1 aliphatic rings. The van der Waals surface area contributed by atoms with Gasteiger partial charge in [-0.1, -0.05) is 19.0 Å². The molecule has 1 atom stereocenters. The number of benzene rings is 1. The molecule has 0 spiro atoms. The quantitative estimate of drug-likeness (QED) is 0.530. The summed E-state index contributed by atoms with van der Waals surface area (Å²) in [6.07, 6.45) is 2.06. The molecule has 1 saturated carbocycles. The van der Waals surface area contributed by atoms with Gasteiger partial charge in [0.15, 0.2) is 17.3 Å². The summed E-state index contributed by atoms with van der Waals surface area (Å²) in [5, 5.41) is 6.85. The van der Waals surface area contributed by atoms with Gasteiger partial charge in [-0.15, -0.1) is 0 Å². The Morgan fingerprint density at radius 3 is 2.55 bits per heavy atom. The van der Waals surface area contributed by atoms with Gasteiger partial charge in [-0.05, 0) is 30.9 Å². The lowest BCUT2D eigenvalue weighted by molar-refractivity contribution is -0.122. The van der Waals surface area contributed by atoms with E-state index in [1.165, 1.54) is 32.4 Å². The van der Waals surface area contributed by atoms with Gasteiger partial charge < -0.3 is 19.3 Å². The number of hydrogen-bond acceptors (Lipinski definition) is 8. The Morgan fingerprint density at radius 2 is 1.94 bits per heavy atom. The molecule has 2 N–H and O–H groups in total. The number of rotatable bonds is 11. The second kappa shape index (κ2) is 9.65. The van der Waals surface area contributed by atoms with E-state index in [4.69, 9.17) is 14.0 Å². The lowest BCUT2D eigenvalue weighted by Crippen LogP contribution is -2.35. The number of hydrogen-bond donors (Lipinski definition) is 2. The van der Waals surface area contributed by atoms with Crippen LogP contribution in [0.25, 0.3) is 0 Å². The number of aromatic nitrogens is 2. The average Bonchev–Trinajstić information content (AvgIpc) is 3.48. The van der Waals surface area contributed by atoms with E-state index in [-0.39, 0.29) is 29.7 Å². The molecule has 0 radical (unpaired) electrons. The lowest BCUT2D eigenvalue weighted by Gasteiger charge is -2.18. The Hall–Kier alpha value is -2.66. The van der Waals surface area contributed by atoms with Crippen LogP contribution in [-0.2, 0) is 14.8 Å². The van der Waals surface area contributed by atoms with E-state index in [1.54, 1.807) is 0 Å². The second-order valence-electron chi connectivity index (χ2n) is 7.72. The van der Waals surface area contributed by atoms with Gasteiger partial charge >= 0.3 is 0 Å². The average molecular weight is 453 g/mol. The highest BCUT2D eigenvalue weighted by Gasteiger charge is 2.31. The van der Waals surface area contributed by atoms with E-state index in [1.807, 2.05) is 13.8 Å². The van der Waals surface area contributed by atoms with Gasteiger partial charge in [0.1, 0.15) is 6.04 Å². The van der Waals surface area contributed by atoms with E-state index in [2.05, 4.69) is 20.2 Å². The number of sulfonamides is 1. The third-order valence-corrected chi connectivity index (χ3v) is 6.42. The van der Waals surface area contributed by atoms with Crippen LogP contribution in [0.1, 0.15) is 56.8 Å². The molecule has 11 heteroatoms. The zero-order chi connectivity index (χ0) is 22.6. The van der Waals surface area contributed by atoms with Crippen LogP contribution >= 0.6 is 0 Å². The van der Waals surface area contributed by atoms with Crippen LogP contribution in [0.3, 0.4) is 0 Å². The van der Waals surface area contributed by atoms with Crippen molar-refractivity contribution >= 4 is 15.9 Å². The summed E-state index contributed by atoms with van der Waals surface area (Å²) in [5.41, 5.74) is 0. The van der Waals surface area contributed by atoms with Crippen LogP contribution in [-0.4, -0.2) is 45.2 Å². The molecule has 1 aromatic heterocycles. The Labute approximate surface area is 181 Å². The molecule has 1 amide bonds. The van der Waals surface area contributed by atoms with Gasteiger partial charge in [-0.3, -0.25) is 4.79 Å². The Morgan fingerprint density at radius 1 is 1.23 bits per heavy atom. The molecule has 1 aliphatic carbocycles. The first kappa shape index (κ1) is 23.0. The van der Waals surface area contributed by atoms with Crippen LogP contribution in [0.4, 0.5) is 0 Å². The molecule has 0 saturated heterocycles. The maximum absolute atomic E-state index is 12.5. The third kappa shape index (κ3) is 5.73. The van der Waals surface area contributed by atoms with Gasteiger partial charge in [-0.2, -0.15) is 4.98 Å². The molecule has 3 rings (SSSR count). The first-order chi connectivity index (χ1) is 14.7. The number of ether oxygens (including phenoxy) is 2. The third-order valence-electron chi connectivity index (χ3n) is 4.96. The highest BCUT2D eigenvalue weighted by Crippen LogP contribution is 2.38. The highest BCUT2D eigenvalue weighted by atomic mass is 32.2. The maximum Gasteiger partial charge on any atom is 0.249 e. The second-order valence-corrected chi connectivity index (χ2v) is 9.49. The van der Waals surface area contributed by atoms with E-state index >= 15 is 0 Å². The molecule has 1 fully saturated rings. The van der Waals surface area contributed by atoms with Gasteiger partial charge in [0.2, 0.25) is 21.8 Å². The van der Waals surface area contributed by atoms with Crippen LogP contribution in [0.15, 0.2) is 27.6 Å². The summed E-state index contributed by atoms with van der Waals surface area (Å²) in [6, 6.07) is 3.84. The topological polar surface area (TPSA) is 133 Å². The van der Waals surface area contributed by atoms with Crippen molar-refractivity contribution in [3.63, 3.8) is 0 Å². The molecule has 1 aromatic carbocycles. The standard InChI is InChI=1S/C20H28N4O6S/c1-12(2)18(20-23-19(24-30-20)13-5-6-13)22-17(25)9-10-21-31(26,27)14-7-8-15(28-3)16(11-14)29-4/h7-8,11-13,18,21H,5-6,9-10H2,1-4H3,(H,22,25). The molecule has 2 aromatic rings. The van der Waals surface area contributed by atoms with E-state index in [9.17, 15) is 13.2 Å². The largest absolute Gasteiger partial charge is 0.493 e. The Bertz CT molecular complexity index is 1020. The zero-order valence-electron chi connectivity index (χ0n) is 18.0. The maximum atomic E-state index is 12.5. The lowest BCUT2D eigenvalue weighted by atomic mass is 10.0. The minimum absolute atomic E-state index is 0.0177. The molecule has 1 unspecified atom stereocenters. The van der Waals surface area contributed by atoms with Crippen molar-refractivity contribution in [1.82, 2.24) is 20.2 Å². The molecular weight excluding hydrogens is 424 g/mol. The summed E-state index contributed by atoms with van der Waals surface area (Å²) < 4.78 is 43.1. The summed E-state index contributed by atoms with van der Waals surface area (Å²) in [7, 11) is -0.925. The first-order valence-corrected chi connectivity index (χ1v) is 11.6. The Kier molecular flexibility index (Phi) is 7.16. The fraction of sp³-hybridized carbons (Fsp3) is 0.550. The fourth-order valence-electron chi connectivity index (χ4n) is 3.01. The van der Waals surface area contributed by atoms with E-state index in [0.717, 1.165) is 12.8 Å². The summed E-state index contributed by atoms with van der Waals surface area (Å²) in [4.78, 5) is 16.8. The number of methoxy groups -OCH3 is 2. The van der Waals surface area contributed by atoms with Gasteiger partial charge in [0.05, 0.1) is 19.1 Å². The molecular formula is C20H28N4O6S. The zero-order valence-corrected chi connectivity index (χ0v) is 18.9. The fourth-order valence-corrected chi connectivity index (χ4v) is 4.05. The van der Waals surface area contributed by atoms with Gasteiger partial charge in [0, 0.05) is 24.9 Å². The van der Waals surface area contributed by atoms with Crippen molar-refractivity contribution in [3.8, 4) is 11.5 Å². The number of nitrogens with one attached hydrogen (secondary N) is 2. The molecule has 0 bridgehead atoms. The van der Waals surface area contributed by atoms with Gasteiger partial charge in [0.25, 0.3) is 0 Å². The van der Waals surface area contributed by atoms with Crippen LogP contribution in [0.2, 0.25) is 0 Å². The summed E-state index contributed by atoms with van der Waals surface area (Å²) >= 11 is 0. The molecule has 0 aliphatic heterocycles. The minimum Gasteiger partial charge on any atom is -0.493 e. The van der Waals surface area contributed by atoms with Crippen molar-refractivity contribution in [2.45, 2.75) is 50.0 Å². The monoisotopic (exact) mass is 452 g/mol. The molecule has 1 heterocycles. The van der Waals surface area contributed by atoms with E-state index < -0.39 is 16.1 Å². The number of carbonyl (C=O) groups is 1. The molecule has 10 nitrogen and oxygen atoms in total. The van der Waals surface area contributed by atoms with Crippen molar-refractivity contribution in [2.24, 2.45) is 5.92 Å². The van der Waals surface area contributed by atoms with Crippen molar-refractivity contribution < 1.29 is 27.2 Å². The van der Waals surface area contributed by atoms with Crippen molar-refractivity contribution in [3.05, 3.63) is 29.9 Å². The van der Waals surface area contributed by atoms with Crippen LogP contribution < -0.4 is 19.5 Å². The number of carbonyl (C=O) groups excluding carboxylic acids is 1. The Balaban J connectivity index is 1.56. The SMILES string of the molecule is COc1ccc(S(=O)(=O)NCCC(=O)NC(c2nc(C3CC3)no2)C(C)C)cc1OC. The van der Waals surface area contributed by atoms with Crippen molar-refractivity contribution in [1.29, 1.82) is 0 Å².